The number of ether oxygens (including phenoxy) is 1. The molecule has 0 amide bonds. The van der Waals surface area contributed by atoms with Gasteiger partial charge in [-0.1, -0.05) is 19.9 Å². The molecule has 4 heterocycles. The van der Waals surface area contributed by atoms with Crippen molar-refractivity contribution in [3.05, 3.63) is 36.0 Å². The van der Waals surface area contributed by atoms with E-state index >= 15 is 0 Å². The van der Waals surface area contributed by atoms with Gasteiger partial charge in [0.15, 0.2) is 0 Å². The zero-order valence-corrected chi connectivity index (χ0v) is 17.0. The van der Waals surface area contributed by atoms with Gasteiger partial charge in [-0.2, -0.15) is 0 Å². The largest absolute Gasteiger partial charge is 0.418 e. The third-order valence-electron chi connectivity index (χ3n) is 5.52. The lowest BCUT2D eigenvalue weighted by atomic mass is 9.97. The van der Waals surface area contributed by atoms with Crippen molar-refractivity contribution in [3.8, 4) is 11.7 Å². The van der Waals surface area contributed by atoms with Crippen molar-refractivity contribution in [2.75, 3.05) is 33.4 Å². The number of nitrogens with zero attached hydrogens (tertiary/aromatic N) is 5. The molecule has 1 saturated heterocycles. The number of imidazole rings is 1. The SMILES string of the molecule is COCCCN1CCC(c2nnc(-c3nc(C(C)C)c4ccccn34)o2)CC1. The fourth-order valence-electron chi connectivity index (χ4n) is 3.96. The van der Waals surface area contributed by atoms with E-state index in [1.54, 1.807) is 7.11 Å². The van der Waals surface area contributed by atoms with Gasteiger partial charge in [-0.15, -0.1) is 10.2 Å². The van der Waals surface area contributed by atoms with Crippen molar-refractivity contribution in [3.63, 3.8) is 0 Å². The molecule has 0 atom stereocenters. The summed E-state index contributed by atoms with van der Waals surface area (Å²) in [6.45, 7) is 8.35. The van der Waals surface area contributed by atoms with Crippen LogP contribution in [0.4, 0.5) is 0 Å². The molecule has 1 aliphatic rings. The van der Waals surface area contributed by atoms with Crippen LogP contribution in [0.5, 0.6) is 0 Å². The molecule has 0 aliphatic carbocycles. The highest BCUT2D eigenvalue weighted by atomic mass is 16.5. The third-order valence-corrected chi connectivity index (χ3v) is 5.52. The maximum Gasteiger partial charge on any atom is 0.284 e. The molecular weight excluding hydrogens is 354 g/mol. The number of methoxy groups -OCH3 is 1. The van der Waals surface area contributed by atoms with Gasteiger partial charge in [0.05, 0.1) is 11.2 Å². The molecule has 7 nitrogen and oxygen atoms in total. The van der Waals surface area contributed by atoms with Gasteiger partial charge >= 0.3 is 0 Å². The number of aromatic nitrogens is 4. The molecule has 1 aliphatic heterocycles. The number of fused-ring (bicyclic) bond motifs is 1. The predicted molar refractivity (Wildman–Crippen MR) is 107 cm³/mol. The second-order valence-electron chi connectivity index (χ2n) is 7.84. The lowest BCUT2D eigenvalue weighted by Gasteiger charge is -2.30. The molecular formula is C21H29N5O2. The third kappa shape index (κ3) is 3.82. The van der Waals surface area contributed by atoms with Gasteiger partial charge in [-0.25, -0.2) is 4.98 Å². The monoisotopic (exact) mass is 383 g/mol. The Labute approximate surface area is 165 Å². The van der Waals surface area contributed by atoms with Gasteiger partial charge < -0.3 is 14.1 Å². The molecule has 4 rings (SSSR count). The fourth-order valence-corrected chi connectivity index (χ4v) is 3.96. The van der Waals surface area contributed by atoms with E-state index in [0.717, 1.165) is 68.4 Å². The molecule has 0 N–H and O–H groups in total. The van der Waals surface area contributed by atoms with E-state index in [0.29, 0.717) is 17.7 Å². The molecule has 28 heavy (non-hydrogen) atoms. The Morgan fingerprint density at radius 1 is 1.21 bits per heavy atom. The molecule has 0 radical (unpaired) electrons. The summed E-state index contributed by atoms with van der Waals surface area (Å²) in [5.41, 5.74) is 2.15. The second kappa shape index (κ2) is 8.41. The molecule has 0 bridgehead atoms. The number of hydrogen-bond acceptors (Lipinski definition) is 6. The highest BCUT2D eigenvalue weighted by molar-refractivity contribution is 5.61. The van der Waals surface area contributed by atoms with E-state index < -0.39 is 0 Å². The fraction of sp³-hybridized carbons (Fsp3) is 0.571. The summed E-state index contributed by atoms with van der Waals surface area (Å²) in [6.07, 6.45) is 5.19. The van der Waals surface area contributed by atoms with Crippen molar-refractivity contribution in [1.29, 1.82) is 0 Å². The van der Waals surface area contributed by atoms with Crippen LogP contribution in [0, 0.1) is 0 Å². The molecule has 1 fully saturated rings. The number of likely N-dealkylation sites (tertiary alicyclic amines) is 1. The lowest BCUT2D eigenvalue weighted by molar-refractivity contribution is 0.154. The van der Waals surface area contributed by atoms with Crippen LogP contribution >= 0.6 is 0 Å². The molecule has 0 aromatic carbocycles. The summed E-state index contributed by atoms with van der Waals surface area (Å²) in [7, 11) is 1.76. The normalized spacial score (nSPS) is 16.4. The predicted octanol–water partition coefficient (Wildman–Crippen LogP) is 3.72. The Bertz CT molecular complexity index is 909. The first-order chi connectivity index (χ1) is 13.7. The van der Waals surface area contributed by atoms with E-state index in [1.165, 1.54) is 0 Å². The van der Waals surface area contributed by atoms with E-state index in [9.17, 15) is 0 Å². The van der Waals surface area contributed by atoms with Crippen LogP contribution in [-0.4, -0.2) is 57.8 Å². The summed E-state index contributed by atoms with van der Waals surface area (Å²) >= 11 is 0. The maximum absolute atomic E-state index is 6.10. The van der Waals surface area contributed by atoms with Gasteiger partial charge in [-0.05, 0) is 50.4 Å². The Hall–Kier alpha value is -2.25. The molecule has 3 aromatic heterocycles. The summed E-state index contributed by atoms with van der Waals surface area (Å²) in [6, 6.07) is 6.12. The second-order valence-corrected chi connectivity index (χ2v) is 7.84. The molecule has 3 aromatic rings. The number of rotatable bonds is 7. The average Bonchev–Trinajstić information content (AvgIpc) is 3.34. The van der Waals surface area contributed by atoms with Crippen LogP contribution in [0.15, 0.2) is 28.8 Å². The van der Waals surface area contributed by atoms with Crippen LogP contribution in [0.2, 0.25) is 0 Å². The van der Waals surface area contributed by atoms with Crippen LogP contribution in [0.1, 0.15) is 56.5 Å². The quantitative estimate of drug-likeness (QED) is 0.579. The summed E-state index contributed by atoms with van der Waals surface area (Å²) < 4.78 is 13.3. The summed E-state index contributed by atoms with van der Waals surface area (Å²) in [5, 5.41) is 8.70. The lowest BCUT2D eigenvalue weighted by Crippen LogP contribution is -2.34. The number of pyridine rings is 1. The van der Waals surface area contributed by atoms with Crippen LogP contribution in [0.25, 0.3) is 17.2 Å². The van der Waals surface area contributed by atoms with Crippen molar-refractivity contribution in [2.24, 2.45) is 0 Å². The van der Waals surface area contributed by atoms with Gasteiger partial charge in [-0.3, -0.25) is 4.40 Å². The minimum atomic E-state index is 0.329. The maximum atomic E-state index is 6.10. The number of piperidine rings is 1. The first kappa shape index (κ1) is 19.1. The van der Waals surface area contributed by atoms with E-state index in [4.69, 9.17) is 14.1 Å². The molecule has 0 spiro atoms. The van der Waals surface area contributed by atoms with E-state index in [2.05, 4.69) is 35.0 Å². The molecule has 0 saturated carbocycles. The average molecular weight is 383 g/mol. The molecule has 150 valence electrons. The first-order valence-corrected chi connectivity index (χ1v) is 10.2. The van der Waals surface area contributed by atoms with Crippen LogP contribution in [-0.2, 0) is 4.74 Å². The summed E-state index contributed by atoms with van der Waals surface area (Å²) in [5.74, 6) is 2.64. The smallest absolute Gasteiger partial charge is 0.284 e. The Kier molecular flexibility index (Phi) is 5.73. The van der Waals surface area contributed by atoms with Crippen molar-refractivity contribution in [2.45, 2.75) is 44.9 Å². The summed E-state index contributed by atoms with van der Waals surface area (Å²) in [4.78, 5) is 7.31. The highest BCUT2D eigenvalue weighted by Crippen LogP contribution is 2.31. The van der Waals surface area contributed by atoms with E-state index in [-0.39, 0.29) is 0 Å². The highest BCUT2D eigenvalue weighted by Gasteiger charge is 2.26. The Morgan fingerprint density at radius 3 is 2.79 bits per heavy atom. The topological polar surface area (TPSA) is 68.7 Å². The zero-order chi connectivity index (χ0) is 19.5. The number of hydrogen-bond donors (Lipinski definition) is 0. The van der Waals surface area contributed by atoms with Gasteiger partial charge in [0, 0.05) is 32.4 Å². The Balaban J connectivity index is 1.49. The van der Waals surface area contributed by atoms with Gasteiger partial charge in [0.2, 0.25) is 11.7 Å². The minimum absolute atomic E-state index is 0.329. The Morgan fingerprint density at radius 2 is 2.04 bits per heavy atom. The standard InChI is InChI=1S/C21H29N5O2/c1-15(2)18-17-7-4-5-11-26(17)19(22-18)21-24-23-20(28-21)16-8-12-25(13-9-16)10-6-14-27-3/h4-5,7,11,15-16H,6,8-10,12-14H2,1-3H3. The first-order valence-electron chi connectivity index (χ1n) is 10.2. The minimum Gasteiger partial charge on any atom is -0.418 e. The van der Waals surface area contributed by atoms with Crippen molar-refractivity contribution < 1.29 is 9.15 Å². The zero-order valence-electron chi connectivity index (χ0n) is 17.0. The van der Waals surface area contributed by atoms with E-state index in [1.807, 2.05) is 22.7 Å². The molecule has 0 unspecified atom stereocenters. The molecule has 7 heteroatoms. The van der Waals surface area contributed by atoms with Crippen LogP contribution < -0.4 is 0 Å². The van der Waals surface area contributed by atoms with Crippen LogP contribution in [0.3, 0.4) is 0 Å². The van der Waals surface area contributed by atoms with Gasteiger partial charge in [0.1, 0.15) is 0 Å². The van der Waals surface area contributed by atoms with Gasteiger partial charge in [0.25, 0.3) is 5.89 Å². The van der Waals surface area contributed by atoms with Crippen molar-refractivity contribution in [1.82, 2.24) is 24.5 Å². The van der Waals surface area contributed by atoms with Crippen molar-refractivity contribution >= 4 is 5.52 Å².